The number of hydrogen-bond donors (Lipinski definition) is 2. The van der Waals surface area contributed by atoms with Gasteiger partial charge < -0.3 is 10.2 Å². The molecule has 3 unspecified atom stereocenters. The molecular formula is C6H12FNO2. The van der Waals surface area contributed by atoms with Gasteiger partial charge in [-0.05, 0) is 6.92 Å². The van der Waals surface area contributed by atoms with E-state index in [1.807, 2.05) is 0 Å². The Bertz CT molecular complexity index is 110. The van der Waals surface area contributed by atoms with Crippen molar-refractivity contribution in [3.8, 4) is 0 Å². The second-order valence-electron chi connectivity index (χ2n) is 2.67. The first-order valence-corrected chi connectivity index (χ1v) is 3.35. The van der Waals surface area contributed by atoms with Crippen LogP contribution in [0, 0.1) is 0 Å². The lowest BCUT2D eigenvalue weighted by Crippen LogP contribution is -2.31. The number of nitrogens with zero attached hydrogens (tertiary/aromatic N) is 1. The van der Waals surface area contributed by atoms with E-state index in [9.17, 15) is 4.39 Å². The Hall–Kier alpha value is -0.190. The predicted molar refractivity (Wildman–Crippen MR) is 34.2 cm³/mol. The molecule has 1 aliphatic heterocycles. The molecule has 0 radical (unpaired) electrons. The van der Waals surface area contributed by atoms with Crippen molar-refractivity contribution in [2.24, 2.45) is 0 Å². The molecule has 0 aliphatic carbocycles. The molecule has 0 amide bonds. The average Bonchev–Trinajstić information content (AvgIpc) is 2.13. The van der Waals surface area contributed by atoms with E-state index >= 15 is 0 Å². The van der Waals surface area contributed by atoms with Crippen LogP contribution >= 0.6 is 0 Å². The normalized spacial score (nSPS) is 38.4. The molecule has 0 aromatic carbocycles. The van der Waals surface area contributed by atoms with E-state index in [1.165, 1.54) is 4.90 Å². The minimum absolute atomic E-state index is 0.138. The molecule has 0 spiro atoms. The molecule has 2 N–H and O–H groups in total. The molecule has 3 atom stereocenters. The molecular weight excluding hydrogens is 137 g/mol. The van der Waals surface area contributed by atoms with Gasteiger partial charge in [0.25, 0.3) is 0 Å². The summed E-state index contributed by atoms with van der Waals surface area (Å²) in [5.41, 5.74) is 0. The number of aliphatic hydroxyl groups excluding tert-OH is 2. The van der Waals surface area contributed by atoms with Gasteiger partial charge in [0.05, 0.1) is 6.10 Å². The van der Waals surface area contributed by atoms with Crippen molar-refractivity contribution in [1.29, 1.82) is 0 Å². The Morgan fingerprint density at radius 2 is 2.20 bits per heavy atom. The van der Waals surface area contributed by atoms with Crippen LogP contribution in [-0.4, -0.2) is 46.7 Å². The highest BCUT2D eigenvalue weighted by atomic mass is 19.1. The lowest BCUT2D eigenvalue weighted by molar-refractivity contribution is 0.0268. The van der Waals surface area contributed by atoms with Crippen LogP contribution in [0.4, 0.5) is 4.39 Å². The fraction of sp³-hybridized carbons (Fsp3) is 1.00. The van der Waals surface area contributed by atoms with Gasteiger partial charge in [-0.2, -0.15) is 0 Å². The van der Waals surface area contributed by atoms with Crippen molar-refractivity contribution < 1.29 is 14.6 Å². The smallest absolute Gasteiger partial charge is 0.140 e. The van der Waals surface area contributed by atoms with Gasteiger partial charge >= 0.3 is 0 Å². The summed E-state index contributed by atoms with van der Waals surface area (Å²) < 4.78 is 12.5. The maximum Gasteiger partial charge on any atom is 0.140 e. The molecule has 0 bridgehead atoms. The van der Waals surface area contributed by atoms with Crippen LogP contribution in [0.15, 0.2) is 0 Å². The number of alkyl halides is 1. The lowest BCUT2D eigenvalue weighted by atomic mass is 10.3. The SMILES string of the molecule is CC(O)N1CC(O)C(F)C1. The first-order chi connectivity index (χ1) is 4.61. The average molecular weight is 149 g/mol. The third kappa shape index (κ3) is 1.45. The highest BCUT2D eigenvalue weighted by molar-refractivity contribution is 4.83. The molecule has 1 heterocycles. The molecule has 1 rings (SSSR count). The summed E-state index contributed by atoms with van der Waals surface area (Å²) >= 11 is 0. The topological polar surface area (TPSA) is 43.7 Å². The summed E-state index contributed by atoms with van der Waals surface area (Å²) in [5, 5.41) is 17.8. The Morgan fingerprint density at radius 3 is 2.40 bits per heavy atom. The van der Waals surface area contributed by atoms with E-state index in [-0.39, 0.29) is 13.1 Å². The van der Waals surface area contributed by atoms with E-state index in [2.05, 4.69) is 0 Å². The van der Waals surface area contributed by atoms with Crippen molar-refractivity contribution >= 4 is 0 Å². The van der Waals surface area contributed by atoms with E-state index in [4.69, 9.17) is 10.2 Å². The summed E-state index contributed by atoms with van der Waals surface area (Å²) in [4.78, 5) is 1.50. The van der Waals surface area contributed by atoms with Crippen molar-refractivity contribution in [2.75, 3.05) is 13.1 Å². The van der Waals surface area contributed by atoms with E-state index < -0.39 is 18.5 Å². The fourth-order valence-corrected chi connectivity index (χ4v) is 1.08. The zero-order valence-corrected chi connectivity index (χ0v) is 5.87. The zero-order valence-electron chi connectivity index (χ0n) is 5.87. The maximum absolute atomic E-state index is 12.5. The minimum Gasteiger partial charge on any atom is -0.389 e. The Kier molecular flexibility index (Phi) is 2.23. The largest absolute Gasteiger partial charge is 0.389 e. The van der Waals surface area contributed by atoms with Gasteiger partial charge in [-0.15, -0.1) is 0 Å². The number of aliphatic hydroxyl groups is 2. The first kappa shape index (κ1) is 7.91. The van der Waals surface area contributed by atoms with Gasteiger partial charge in [0, 0.05) is 13.1 Å². The molecule has 0 aromatic heterocycles. The van der Waals surface area contributed by atoms with E-state index in [0.29, 0.717) is 0 Å². The van der Waals surface area contributed by atoms with Gasteiger partial charge in [-0.1, -0.05) is 0 Å². The molecule has 10 heavy (non-hydrogen) atoms. The Morgan fingerprint density at radius 1 is 1.60 bits per heavy atom. The minimum atomic E-state index is -1.20. The number of rotatable bonds is 1. The van der Waals surface area contributed by atoms with Gasteiger partial charge in [-0.3, -0.25) is 4.90 Å². The number of β-amino-alcohol motifs (C(OH)–C–C–N with tert-alkyl or cyclic N) is 1. The highest BCUT2D eigenvalue weighted by Crippen LogP contribution is 2.14. The van der Waals surface area contributed by atoms with Crippen LogP contribution in [0.3, 0.4) is 0 Å². The van der Waals surface area contributed by atoms with Gasteiger partial charge in [-0.25, -0.2) is 4.39 Å². The van der Waals surface area contributed by atoms with Crippen molar-refractivity contribution in [1.82, 2.24) is 4.90 Å². The summed E-state index contributed by atoms with van der Waals surface area (Å²) in [6, 6.07) is 0. The second-order valence-corrected chi connectivity index (χ2v) is 2.67. The fourth-order valence-electron chi connectivity index (χ4n) is 1.08. The quantitative estimate of drug-likeness (QED) is 0.520. The predicted octanol–water partition coefficient (Wildman–Crippen LogP) is -0.661. The van der Waals surface area contributed by atoms with Crippen molar-refractivity contribution in [3.63, 3.8) is 0 Å². The van der Waals surface area contributed by atoms with E-state index in [1.54, 1.807) is 6.92 Å². The summed E-state index contributed by atoms with van der Waals surface area (Å²) in [7, 11) is 0. The van der Waals surface area contributed by atoms with Gasteiger partial charge in [0.15, 0.2) is 0 Å². The molecule has 1 fully saturated rings. The monoisotopic (exact) mass is 149 g/mol. The molecule has 0 aromatic rings. The first-order valence-electron chi connectivity index (χ1n) is 3.35. The third-order valence-corrected chi connectivity index (χ3v) is 1.78. The van der Waals surface area contributed by atoms with Crippen LogP contribution in [0.5, 0.6) is 0 Å². The van der Waals surface area contributed by atoms with Crippen LogP contribution in [-0.2, 0) is 0 Å². The number of hydrogen-bond acceptors (Lipinski definition) is 3. The summed E-state index contributed by atoms with van der Waals surface area (Å²) in [5.74, 6) is 0. The highest BCUT2D eigenvalue weighted by Gasteiger charge is 2.32. The van der Waals surface area contributed by atoms with E-state index in [0.717, 1.165) is 0 Å². The Labute approximate surface area is 59.1 Å². The number of halogens is 1. The third-order valence-electron chi connectivity index (χ3n) is 1.78. The second kappa shape index (κ2) is 2.82. The molecule has 60 valence electrons. The van der Waals surface area contributed by atoms with Crippen molar-refractivity contribution in [2.45, 2.75) is 25.4 Å². The van der Waals surface area contributed by atoms with Crippen LogP contribution < -0.4 is 0 Å². The summed E-state index contributed by atoms with van der Waals surface area (Å²) in [6.45, 7) is 1.93. The molecule has 1 saturated heterocycles. The zero-order chi connectivity index (χ0) is 7.72. The molecule has 3 nitrogen and oxygen atoms in total. The van der Waals surface area contributed by atoms with Crippen LogP contribution in [0.25, 0.3) is 0 Å². The number of likely N-dealkylation sites (tertiary alicyclic amines) is 1. The standard InChI is InChI=1S/C6H12FNO2/c1-4(9)8-2-5(7)6(10)3-8/h4-6,9-10H,2-3H2,1H3. The van der Waals surface area contributed by atoms with Crippen LogP contribution in [0.2, 0.25) is 0 Å². The van der Waals surface area contributed by atoms with Gasteiger partial charge in [0.2, 0.25) is 0 Å². The molecule has 1 aliphatic rings. The molecule has 4 heteroatoms. The Balaban J connectivity index is 2.41. The van der Waals surface area contributed by atoms with Gasteiger partial charge in [0.1, 0.15) is 12.4 Å². The molecule has 0 saturated carbocycles. The lowest BCUT2D eigenvalue weighted by Gasteiger charge is -2.17. The summed E-state index contributed by atoms with van der Waals surface area (Å²) in [6.07, 6.45) is -2.78. The van der Waals surface area contributed by atoms with Crippen molar-refractivity contribution in [3.05, 3.63) is 0 Å². The van der Waals surface area contributed by atoms with Crippen LogP contribution in [0.1, 0.15) is 6.92 Å². The maximum atomic E-state index is 12.5.